The van der Waals surface area contributed by atoms with E-state index >= 15 is 0 Å². The van der Waals surface area contributed by atoms with Crippen LogP contribution in [-0.4, -0.2) is 41.1 Å². The van der Waals surface area contributed by atoms with Crippen molar-refractivity contribution in [3.05, 3.63) is 12.7 Å². The summed E-state index contributed by atoms with van der Waals surface area (Å²) in [6.45, 7) is 3.08. The number of hydrogen-bond acceptors (Lipinski definition) is 2. The number of hydrogen-bond donors (Lipinski definition) is 1. The predicted octanol–water partition coefficient (Wildman–Crippen LogP) is 2.45. The minimum absolute atomic E-state index is 0.0745. The average molecular weight is 293 g/mol. The van der Waals surface area contributed by atoms with E-state index in [1.807, 2.05) is 0 Å². The number of carbonyl (C=O) groups excluding carboxylic acids is 1. The normalized spacial score (nSPS) is 23.1. The van der Waals surface area contributed by atoms with Gasteiger partial charge in [-0.2, -0.15) is 13.2 Å². The molecular weight excluding hydrogens is 275 g/mol. The lowest BCUT2D eigenvalue weighted by molar-refractivity contribution is -0.185. The topological polar surface area (TPSA) is 57.6 Å². The summed E-state index contributed by atoms with van der Waals surface area (Å²) >= 11 is 0. The molecule has 1 amide bonds. The van der Waals surface area contributed by atoms with Gasteiger partial charge in [-0.1, -0.05) is 6.08 Å². The Morgan fingerprint density at radius 2 is 1.80 bits per heavy atom. The number of carboxylic acids is 1. The Hall–Kier alpha value is -1.53. The number of carboxylic acid groups (broad SMARTS) is 1. The molecule has 1 fully saturated rings. The first-order chi connectivity index (χ1) is 9.25. The first kappa shape index (κ1) is 16.5. The molecule has 1 aliphatic rings. The van der Waals surface area contributed by atoms with Crippen LogP contribution in [0, 0.1) is 11.8 Å². The molecule has 4 nitrogen and oxygen atoms in total. The lowest BCUT2D eigenvalue weighted by Crippen LogP contribution is -2.41. The van der Waals surface area contributed by atoms with E-state index < -0.39 is 36.4 Å². The van der Waals surface area contributed by atoms with Gasteiger partial charge in [-0.3, -0.25) is 9.59 Å². The van der Waals surface area contributed by atoms with E-state index in [9.17, 15) is 22.8 Å². The highest BCUT2D eigenvalue weighted by Crippen LogP contribution is 2.39. The van der Waals surface area contributed by atoms with Crippen molar-refractivity contribution in [1.82, 2.24) is 4.90 Å². The molecule has 1 N–H and O–H groups in total. The van der Waals surface area contributed by atoms with E-state index in [4.69, 9.17) is 5.11 Å². The van der Waals surface area contributed by atoms with Gasteiger partial charge in [0.2, 0.25) is 5.91 Å². The van der Waals surface area contributed by atoms with Gasteiger partial charge < -0.3 is 10.0 Å². The second-order valence-corrected chi connectivity index (χ2v) is 4.99. The molecule has 0 heterocycles. The summed E-state index contributed by atoms with van der Waals surface area (Å²) in [7, 11) is 0. The van der Waals surface area contributed by atoms with Crippen LogP contribution in [0.25, 0.3) is 0 Å². The lowest BCUT2D eigenvalue weighted by atomic mass is 9.81. The summed E-state index contributed by atoms with van der Waals surface area (Å²) in [5, 5.41) is 8.73. The summed E-state index contributed by atoms with van der Waals surface area (Å²) in [5.41, 5.74) is 0. The highest BCUT2D eigenvalue weighted by molar-refractivity contribution is 5.83. The molecule has 114 valence electrons. The van der Waals surface area contributed by atoms with Crippen molar-refractivity contribution in [2.75, 3.05) is 13.1 Å². The van der Waals surface area contributed by atoms with Gasteiger partial charge in [-0.05, 0) is 25.7 Å². The second kappa shape index (κ2) is 6.76. The number of alkyl halides is 3. The molecule has 0 aromatic heterocycles. The van der Waals surface area contributed by atoms with Crippen LogP contribution in [0.15, 0.2) is 12.7 Å². The molecule has 0 unspecified atom stereocenters. The van der Waals surface area contributed by atoms with Crippen LogP contribution in [0.4, 0.5) is 13.2 Å². The van der Waals surface area contributed by atoms with Gasteiger partial charge in [0.05, 0.1) is 5.92 Å². The van der Waals surface area contributed by atoms with Gasteiger partial charge in [0, 0.05) is 12.5 Å². The fourth-order valence-corrected chi connectivity index (χ4v) is 2.48. The Morgan fingerprint density at radius 3 is 2.20 bits per heavy atom. The zero-order chi connectivity index (χ0) is 15.3. The first-order valence-corrected chi connectivity index (χ1v) is 6.44. The molecule has 1 aliphatic carbocycles. The Morgan fingerprint density at radius 1 is 1.25 bits per heavy atom. The van der Waals surface area contributed by atoms with Crippen LogP contribution >= 0.6 is 0 Å². The molecule has 0 radical (unpaired) electrons. The van der Waals surface area contributed by atoms with Crippen LogP contribution < -0.4 is 0 Å². The molecular formula is C13H18F3NO3. The third kappa shape index (κ3) is 4.54. The molecule has 0 aromatic carbocycles. The summed E-state index contributed by atoms with van der Waals surface area (Å²) in [4.78, 5) is 23.9. The second-order valence-electron chi connectivity index (χ2n) is 4.99. The number of nitrogens with zero attached hydrogens (tertiary/aromatic N) is 1. The third-order valence-electron chi connectivity index (χ3n) is 3.53. The molecule has 7 heteroatoms. The van der Waals surface area contributed by atoms with Crippen molar-refractivity contribution < 1.29 is 27.9 Å². The van der Waals surface area contributed by atoms with Crippen molar-refractivity contribution in [2.45, 2.75) is 31.9 Å². The van der Waals surface area contributed by atoms with Crippen LogP contribution in [-0.2, 0) is 9.59 Å². The van der Waals surface area contributed by atoms with E-state index in [2.05, 4.69) is 6.58 Å². The predicted molar refractivity (Wildman–Crippen MR) is 65.9 cm³/mol. The van der Waals surface area contributed by atoms with E-state index in [-0.39, 0.29) is 32.2 Å². The molecule has 0 aromatic rings. The molecule has 0 spiro atoms. The van der Waals surface area contributed by atoms with Crippen LogP contribution in [0.3, 0.4) is 0 Å². The summed E-state index contributed by atoms with van der Waals surface area (Å²) < 4.78 is 37.6. The van der Waals surface area contributed by atoms with Gasteiger partial charge >= 0.3 is 12.1 Å². The summed E-state index contributed by atoms with van der Waals surface area (Å²) in [6, 6.07) is 0. The van der Waals surface area contributed by atoms with Gasteiger partial charge in [0.1, 0.15) is 6.54 Å². The zero-order valence-corrected chi connectivity index (χ0v) is 11.0. The van der Waals surface area contributed by atoms with E-state index in [0.717, 1.165) is 4.90 Å². The standard InChI is InChI=1S/C13H18F3NO3/c1-2-7-17(8-11(18)19)12(20)9-3-5-10(6-4-9)13(14,15)16/h2,9-10H,1,3-8H2,(H,18,19). The average Bonchev–Trinajstić information content (AvgIpc) is 2.36. The van der Waals surface area contributed by atoms with Gasteiger partial charge in [0.15, 0.2) is 0 Å². The molecule has 0 atom stereocenters. The number of rotatable bonds is 5. The quantitative estimate of drug-likeness (QED) is 0.792. The Balaban J connectivity index is 2.60. The highest BCUT2D eigenvalue weighted by Gasteiger charge is 2.43. The Labute approximate surface area is 115 Å². The third-order valence-corrected chi connectivity index (χ3v) is 3.53. The van der Waals surface area contributed by atoms with Gasteiger partial charge in [-0.15, -0.1) is 6.58 Å². The van der Waals surface area contributed by atoms with Crippen molar-refractivity contribution >= 4 is 11.9 Å². The molecule has 20 heavy (non-hydrogen) atoms. The van der Waals surface area contributed by atoms with E-state index in [1.54, 1.807) is 0 Å². The van der Waals surface area contributed by atoms with Crippen LogP contribution in [0.5, 0.6) is 0 Å². The van der Waals surface area contributed by atoms with E-state index in [1.165, 1.54) is 6.08 Å². The van der Waals surface area contributed by atoms with Crippen molar-refractivity contribution in [3.63, 3.8) is 0 Å². The fourth-order valence-electron chi connectivity index (χ4n) is 2.48. The number of aliphatic carboxylic acids is 1. The molecule has 0 aliphatic heterocycles. The van der Waals surface area contributed by atoms with E-state index in [0.29, 0.717) is 0 Å². The Bertz CT molecular complexity index is 374. The largest absolute Gasteiger partial charge is 0.480 e. The Kier molecular flexibility index (Phi) is 5.59. The maximum Gasteiger partial charge on any atom is 0.391 e. The summed E-state index contributed by atoms with van der Waals surface area (Å²) in [6.07, 6.45) is -2.66. The van der Waals surface area contributed by atoms with Crippen LogP contribution in [0.1, 0.15) is 25.7 Å². The maximum absolute atomic E-state index is 12.5. The van der Waals surface area contributed by atoms with Gasteiger partial charge in [0.25, 0.3) is 0 Å². The monoisotopic (exact) mass is 293 g/mol. The zero-order valence-electron chi connectivity index (χ0n) is 11.0. The number of halogens is 3. The number of carbonyl (C=O) groups is 2. The maximum atomic E-state index is 12.5. The molecule has 1 rings (SSSR count). The fraction of sp³-hybridized carbons (Fsp3) is 0.692. The van der Waals surface area contributed by atoms with Crippen molar-refractivity contribution in [3.8, 4) is 0 Å². The lowest BCUT2D eigenvalue weighted by Gasteiger charge is -2.32. The molecule has 1 saturated carbocycles. The first-order valence-electron chi connectivity index (χ1n) is 6.44. The van der Waals surface area contributed by atoms with Crippen molar-refractivity contribution in [2.24, 2.45) is 11.8 Å². The molecule has 0 bridgehead atoms. The smallest absolute Gasteiger partial charge is 0.391 e. The van der Waals surface area contributed by atoms with Gasteiger partial charge in [-0.25, -0.2) is 0 Å². The molecule has 0 saturated heterocycles. The van der Waals surface area contributed by atoms with Crippen LogP contribution in [0.2, 0.25) is 0 Å². The minimum Gasteiger partial charge on any atom is -0.480 e. The summed E-state index contributed by atoms with van der Waals surface area (Å²) in [5.74, 6) is -3.41. The van der Waals surface area contributed by atoms with Crippen molar-refractivity contribution in [1.29, 1.82) is 0 Å². The minimum atomic E-state index is -4.21. The number of amides is 1. The highest BCUT2D eigenvalue weighted by atomic mass is 19.4. The SMILES string of the molecule is C=CCN(CC(=O)O)C(=O)C1CCC(C(F)(F)F)CC1.